The van der Waals surface area contributed by atoms with Crippen LogP contribution >= 0.6 is 0 Å². The Kier molecular flexibility index (Phi) is 2.87. The van der Waals surface area contributed by atoms with E-state index in [9.17, 15) is 0 Å². The van der Waals surface area contributed by atoms with Crippen LogP contribution in [0.2, 0.25) is 0 Å². The first-order valence-electron chi connectivity index (χ1n) is 3.92. The third kappa shape index (κ3) is 1.41. The highest BCUT2D eigenvalue weighted by molar-refractivity contribution is 4.88. The Hall–Kier alpha value is -0.120. The summed E-state index contributed by atoms with van der Waals surface area (Å²) in [5.41, 5.74) is 0.115. The first-order chi connectivity index (χ1) is 5.29. The Balaban J connectivity index is 2.46. The van der Waals surface area contributed by atoms with Crippen molar-refractivity contribution in [3.05, 3.63) is 0 Å². The van der Waals surface area contributed by atoms with Crippen LogP contribution in [0.1, 0.15) is 13.3 Å². The van der Waals surface area contributed by atoms with Crippen molar-refractivity contribution in [2.24, 2.45) is 5.41 Å². The van der Waals surface area contributed by atoms with Gasteiger partial charge in [0.05, 0.1) is 18.6 Å². The van der Waals surface area contributed by atoms with Gasteiger partial charge in [0, 0.05) is 14.2 Å². The lowest BCUT2D eigenvalue weighted by Crippen LogP contribution is -2.55. The van der Waals surface area contributed by atoms with Crippen LogP contribution in [0.3, 0.4) is 0 Å². The third-order valence-electron chi connectivity index (χ3n) is 2.37. The van der Waals surface area contributed by atoms with Crippen molar-refractivity contribution in [3.63, 3.8) is 0 Å². The molecular formula is C8H16O3. The predicted molar refractivity (Wildman–Crippen MR) is 41.3 cm³/mol. The van der Waals surface area contributed by atoms with Crippen molar-refractivity contribution in [1.82, 2.24) is 0 Å². The molecule has 0 radical (unpaired) electrons. The van der Waals surface area contributed by atoms with E-state index in [0.29, 0.717) is 0 Å². The predicted octanol–water partition coefficient (Wildman–Crippen LogP) is 1.03. The van der Waals surface area contributed by atoms with Crippen molar-refractivity contribution in [1.29, 1.82) is 0 Å². The van der Waals surface area contributed by atoms with Crippen molar-refractivity contribution in [2.75, 3.05) is 27.4 Å². The molecule has 1 saturated heterocycles. The lowest BCUT2D eigenvalue weighted by atomic mass is 9.82. The van der Waals surface area contributed by atoms with E-state index in [2.05, 4.69) is 6.92 Å². The molecule has 0 aromatic heterocycles. The maximum atomic E-state index is 5.24. The molecular weight excluding hydrogens is 144 g/mol. The highest BCUT2D eigenvalue weighted by Gasteiger charge is 2.47. The maximum absolute atomic E-state index is 5.24. The SMILES string of the molecule is CCC1(COC)COC1OC. The largest absolute Gasteiger partial charge is 0.384 e. The molecule has 1 aliphatic heterocycles. The Morgan fingerprint density at radius 2 is 2.27 bits per heavy atom. The van der Waals surface area contributed by atoms with Gasteiger partial charge >= 0.3 is 0 Å². The molecule has 2 unspecified atom stereocenters. The fourth-order valence-electron chi connectivity index (χ4n) is 1.47. The first-order valence-corrected chi connectivity index (χ1v) is 3.92. The molecule has 0 bridgehead atoms. The molecule has 0 saturated carbocycles. The van der Waals surface area contributed by atoms with Gasteiger partial charge in [0.1, 0.15) is 0 Å². The summed E-state index contributed by atoms with van der Waals surface area (Å²) in [4.78, 5) is 0. The minimum absolute atomic E-state index is 0.0625. The maximum Gasteiger partial charge on any atom is 0.167 e. The molecule has 1 heterocycles. The van der Waals surface area contributed by atoms with E-state index in [1.54, 1.807) is 14.2 Å². The molecule has 0 aromatic rings. The van der Waals surface area contributed by atoms with Gasteiger partial charge in [-0.3, -0.25) is 0 Å². The number of ether oxygens (including phenoxy) is 3. The van der Waals surface area contributed by atoms with Crippen LogP contribution in [0.25, 0.3) is 0 Å². The minimum atomic E-state index is -0.0625. The summed E-state index contributed by atoms with van der Waals surface area (Å²) in [6.45, 7) is 3.62. The smallest absolute Gasteiger partial charge is 0.167 e. The third-order valence-corrected chi connectivity index (χ3v) is 2.37. The van der Waals surface area contributed by atoms with E-state index in [4.69, 9.17) is 14.2 Å². The molecule has 1 rings (SSSR count). The zero-order valence-electron chi connectivity index (χ0n) is 7.42. The van der Waals surface area contributed by atoms with Gasteiger partial charge in [-0.05, 0) is 6.42 Å². The van der Waals surface area contributed by atoms with Crippen LogP contribution in [0, 0.1) is 5.41 Å². The Morgan fingerprint density at radius 1 is 1.55 bits per heavy atom. The van der Waals surface area contributed by atoms with E-state index in [1.807, 2.05) is 0 Å². The van der Waals surface area contributed by atoms with Crippen molar-refractivity contribution in [2.45, 2.75) is 19.6 Å². The average molecular weight is 160 g/mol. The molecule has 1 fully saturated rings. The molecule has 0 spiro atoms. The second-order valence-corrected chi connectivity index (χ2v) is 3.03. The average Bonchev–Trinajstić information content (AvgIpc) is 1.99. The van der Waals surface area contributed by atoms with Gasteiger partial charge in [0.15, 0.2) is 6.29 Å². The fraction of sp³-hybridized carbons (Fsp3) is 1.00. The second kappa shape index (κ2) is 3.52. The summed E-state index contributed by atoms with van der Waals surface area (Å²) in [5, 5.41) is 0. The van der Waals surface area contributed by atoms with Gasteiger partial charge in [0.25, 0.3) is 0 Å². The van der Waals surface area contributed by atoms with Crippen LogP contribution in [0.15, 0.2) is 0 Å². The van der Waals surface area contributed by atoms with Crippen molar-refractivity contribution in [3.8, 4) is 0 Å². The highest BCUT2D eigenvalue weighted by Crippen LogP contribution is 2.38. The standard InChI is InChI=1S/C8H16O3/c1-4-8(5-9-2)6-11-7(8)10-3/h7H,4-6H2,1-3H3. The van der Waals surface area contributed by atoms with E-state index in [0.717, 1.165) is 19.6 Å². The molecule has 0 amide bonds. The van der Waals surface area contributed by atoms with Gasteiger partial charge < -0.3 is 14.2 Å². The van der Waals surface area contributed by atoms with E-state index >= 15 is 0 Å². The van der Waals surface area contributed by atoms with Crippen molar-refractivity contribution >= 4 is 0 Å². The molecule has 3 nitrogen and oxygen atoms in total. The van der Waals surface area contributed by atoms with E-state index in [1.165, 1.54) is 0 Å². The fourth-order valence-corrected chi connectivity index (χ4v) is 1.47. The minimum Gasteiger partial charge on any atom is -0.384 e. The number of hydrogen-bond donors (Lipinski definition) is 0. The zero-order valence-corrected chi connectivity index (χ0v) is 7.42. The normalized spacial score (nSPS) is 36.8. The van der Waals surface area contributed by atoms with Gasteiger partial charge in [0.2, 0.25) is 0 Å². The molecule has 0 aromatic carbocycles. The number of methoxy groups -OCH3 is 2. The van der Waals surface area contributed by atoms with Crippen LogP contribution in [-0.2, 0) is 14.2 Å². The van der Waals surface area contributed by atoms with Gasteiger partial charge in [-0.1, -0.05) is 6.92 Å². The van der Waals surface area contributed by atoms with Crippen LogP contribution in [0.4, 0.5) is 0 Å². The summed E-state index contributed by atoms with van der Waals surface area (Å²) in [6.07, 6.45) is 0.978. The van der Waals surface area contributed by atoms with Gasteiger partial charge in [-0.25, -0.2) is 0 Å². The van der Waals surface area contributed by atoms with Gasteiger partial charge in [-0.15, -0.1) is 0 Å². The van der Waals surface area contributed by atoms with E-state index in [-0.39, 0.29) is 11.7 Å². The topological polar surface area (TPSA) is 27.7 Å². The molecule has 66 valence electrons. The van der Waals surface area contributed by atoms with Crippen LogP contribution in [0.5, 0.6) is 0 Å². The highest BCUT2D eigenvalue weighted by atomic mass is 16.7. The van der Waals surface area contributed by atoms with Crippen molar-refractivity contribution < 1.29 is 14.2 Å². The summed E-state index contributed by atoms with van der Waals surface area (Å²) >= 11 is 0. The number of hydrogen-bond acceptors (Lipinski definition) is 3. The molecule has 0 N–H and O–H groups in total. The molecule has 2 atom stereocenters. The molecule has 3 heteroatoms. The molecule has 0 aliphatic carbocycles. The second-order valence-electron chi connectivity index (χ2n) is 3.03. The monoisotopic (exact) mass is 160 g/mol. The first kappa shape index (κ1) is 8.97. The quantitative estimate of drug-likeness (QED) is 0.614. The summed E-state index contributed by atoms with van der Waals surface area (Å²) in [7, 11) is 3.38. The Bertz CT molecular complexity index is 121. The van der Waals surface area contributed by atoms with Gasteiger partial charge in [-0.2, -0.15) is 0 Å². The summed E-state index contributed by atoms with van der Waals surface area (Å²) in [6, 6.07) is 0. The Morgan fingerprint density at radius 3 is 2.55 bits per heavy atom. The lowest BCUT2D eigenvalue weighted by molar-refractivity contribution is -0.311. The summed E-state index contributed by atoms with van der Waals surface area (Å²) in [5.74, 6) is 0. The zero-order chi connectivity index (χ0) is 8.32. The van der Waals surface area contributed by atoms with E-state index < -0.39 is 0 Å². The lowest BCUT2D eigenvalue weighted by Gasteiger charge is -2.46. The summed E-state index contributed by atoms with van der Waals surface area (Å²) < 4.78 is 15.5. The Labute approximate surface area is 67.6 Å². The number of rotatable bonds is 4. The molecule has 1 aliphatic rings. The molecule has 11 heavy (non-hydrogen) atoms. The van der Waals surface area contributed by atoms with Crippen LogP contribution in [-0.4, -0.2) is 33.7 Å². The van der Waals surface area contributed by atoms with Crippen LogP contribution < -0.4 is 0 Å².